The third-order valence-corrected chi connectivity index (χ3v) is 7.77. The van der Waals surface area contributed by atoms with Crippen LogP contribution in [0.15, 0.2) is 83.1 Å². The number of amides is 2. The van der Waals surface area contributed by atoms with E-state index in [1.54, 1.807) is 36.4 Å². The van der Waals surface area contributed by atoms with Crippen molar-refractivity contribution in [2.75, 3.05) is 10.6 Å². The monoisotopic (exact) mass is 585 g/mol. The number of hydrogen-bond acceptors (Lipinski definition) is 6. The Labute approximate surface area is 237 Å². The zero-order valence-corrected chi connectivity index (χ0v) is 22.8. The van der Waals surface area contributed by atoms with Gasteiger partial charge in [0.1, 0.15) is 5.25 Å². The lowest BCUT2D eigenvalue weighted by Crippen LogP contribution is -2.19. The largest absolute Gasteiger partial charge is 0.481 e. The zero-order chi connectivity index (χ0) is 27.1. The number of carboxylic acid groups (broad SMARTS) is 1. The first-order valence-corrected chi connectivity index (χ1v) is 13.8. The summed E-state index contributed by atoms with van der Waals surface area (Å²) < 4.78 is 0. The first-order valence-electron chi connectivity index (χ1n) is 11.3. The van der Waals surface area contributed by atoms with Crippen LogP contribution in [0.3, 0.4) is 0 Å². The van der Waals surface area contributed by atoms with Gasteiger partial charge in [-0.3, -0.25) is 14.4 Å². The summed E-state index contributed by atoms with van der Waals surface area (Å²) in [5, 5.41) is 17.0. The van der Waals surface area contributed by atoms with Gasteiger partial charge in [-0.1, -0.05) is 59.6 Å². The summed E-state index contributed by atoms with van der Waals surface area (Å²) in [4.78, 5) is 41.5. The van der Waals surface area contributed by atoms with E-state index in [-0.39, 0.29) is 18.7 Å². The normalized spacial score (nSPS) is 11.5. The van der Waals surface area contributed by atoms with Gasteiger partial charge in [0, 0.05) is 33.0 Å². The predicted molar refractivity (Wildman–Crippen MR) is 153 cm³/mol. The van der Waals surface area contributed by atoms with E-state index in [1.165, 1.54) is 23.1 Å². The Morgan fingerprint density at radius 3 is 2.47 bits per heavy atom. The summed E-state index contributed by atoms with van der Waals surface area (Å²) in [6, 6.07) is 21.5. The van der Waals surface area contributed by atoms with Gasteiger partial charge in [-0.25, -0.2) is 4.98 Å². The number of thioether (sulfide) groups is 1. The fourth-order valence-corrected chi connectivity index (χ4v) is 5.75. The molecule has 7 nitrogen and oxygen atoms in total. The zero-order valence-electron chi connectivity index (χ0n) is 19.7. The van der Waals surface area contributed by atoms with E-state index < -0.39 is 17.1 Å². The summed E-state index contributed by atoms with van der Waals surface area (Å²) in [6.45, 7) is 0. The molecule has 2 amide bonds. The summed E-state index contributed by atoms with van der Waals surface area (Å²) in [7, 11) is 0. The molecule has 3 aromatic carbocycles. The molecule has 4 rings (SSSR count). The highest BCUT2D eigenvalue weighted by atomic mass is 35.5. The lowest BCUT2D eigenvalue weighted by atomic mass is 10.1. The molecule has 0 aliphatic heterocycles. The number of aromatic nitrogens is 1. The standard InChI is InChI=1S/C27H21Cl2N3O4S2/c28-17-9-10-20(21(29)13-17)22-15-37-27(31-22)32-26(36)25(16-5-2-1-3-6-16)38-19-8-4-7-18(14-19)30-23(33)11-12-24(34)35/h1-10,13-15,25H,11-12H2,(H,30,33)(H,34,35)(H,31,32,36). The molecular formula is C27H21Cl2N3O4S2. The summed E-state index contributed by atoms with van der Waals surface area (Å²) in [6.07, 6.45) is -0.377. The molecule has 4 aromatic rings. The van der Waals surface area contributed by atoms with E-state index in [4.69, 9.17) is 28.3 Å². The highest BCUT2D eigenvalue weighted by Gasteiger charge is 2.23. The fourth-order valence-electron chi connectivity index (χ4n) is 3.45. The second kappa shape index (κ2) is 12.9. The molecule has 0 aliphatic carbocycles. The lowest BCUT2D eigenvalue weighted by Gasteiger charge is -2.17. The van der Waals surface area contributed by atoms with Crippen molar-refractivity contribution in [2.24, 2.45) is 0 Å². The molecule has 194 valence electrons. The van der Waals surface area contributed by atoms with Crippen LogP contribution >= 0.6 is 46.3 Å². The van der Waals surface area contributed by atoms with E-state index in [0.717, 1.165) is 10.5 Å². The predicted octanol–water partition coefficient (Wildman–Crippen LogP) is 7.39. The third-order valence-electron chi connectivity index (χ3n) is 5.22. The second-order valence-electron chi connectivity index (χ2n) is 8.03. The van der Waals surface area contributed by atoms with Gasteiger partial charge < -0.3 is 15.7 Å². The molecule has 0 saturated carbocycles. The maximum Gasteiger partial charge on any atom is 0.303 e. The van der Waals surface area contributed by atoms with Crippen LogP contribution in [0, 0.1) is 0 Å². The Kier molecular flexibility index (Phi) is 9.41. The molecule has 38 heavy (non-hydrogen) atoms. The molecule has 0 aliphatic rings. The van der Waals surface area contributed by atoms with E-state index in [1.807, 2.05) is 41.8 Å². The van der Waals surface area contributed by atoms with Gasteiger partial charge in [0.2, 0.25) is 11.8 Å². The summed E-state index contributed by atoms with van der Waals surface area (Å²) in [5.74, 6) is -1.70. The van der Waals surface area contributed by atoms with Crippen LogP contribution in [0.4, 0.5) is 10.8 Å². The van der Waals surface area contributed by atoms with Gasteiger partial charge in [-0.2, -0.15) is 0 Å². The first-order chi connectivity index (χ1) is 18.3. The number of halogens is 2. The number of rotatable bonds is 10. The highest BCUT2D eigenvalue weighted by Crippen LogP contribution is 2.38. The highest BCUT2D eigenvalue weighted by molar-refractivity contribution is 8.00. The lowest BCUT2D eigenvalue weighted by molar-refractivity contribution is -0.138. The number of aliphatic carboxylic acids is 1. The van der Waals surface area contributed by atoms with Gasteiger partial charge in [0.25, 0.3) is 0 Å². The van der Waals surface area contributed by atoms with Gasteiger partial charge in [-0.15, -0.1) is 23.1 Å². The van der Waals surface area contributed by atoms with Crippen LogP contribution in [0.5, 0.6) is 0 Å². The number of nitrogens with zero attached hydrogens (tertiary/aromatic N) is 1. The quantitative estimate of drug-likeness (QED) is 0.167. The maximum atomic E-state index is 13.5. The third kappa shape index (κ3) is 7.58. The smallest absolute Gasteiger partial charge is 0.303 e. The summed E-state index contributed by atoms with van der Waals surface area (Å²) in [5.41, 5.74) is 2.65. The minimum atomic E-state index is -1.04. The number of carboxylic acids is 1. The summed E-state index contributed by atoms with van der Waals surface area (Å²) >= 11 is 14.9. The Balaban J connectivity index is 1.51. The van der Waals surface area contributed by atoms with Crippen molar-refractivity contribution in [3.8, 4) is 11.3 Å². The first kappa shape index (κ1) is 27.7. The molecule has 0 saturated heterocycles. The van der Waals surface area contributed by atoms with Crippen LogP contribution in [-0.2, 0) is 14.4 Å². The molecule has 0 radical (unpaired) electrons. The van der Waals surface area contributed by atoms with Crippen LogP contribution in [0.25, 0.3) is 11.3 Å². The molecule has 0 fully saturated rings. The second-order valence-corrected chi connectivity index (χ2v) is 10.9. The number of carbonyl (C=O) groups excluding carboxylic acids is 2. The number of benzene rings is 3. The molecule has 0 spiro atoms. The van der Waals surface area contributed by atoms with Gasteiger partial charge in [0.05, 0.1) is 17.1 Å². The van der Waals surface area contributed by atoms with Crippen molar-refractivity contribution < 1.29 is 19.5 Å². The molecule has 1 atom stereocenters. The Morgan fingerprint density at radius 2 is 1.74 bits per heavy atom. The van der Waals surface area contributed by atoms with Crippen LogP contribution in [-0.4, -0.2) is 27.9 Å². The van der Waals surface area contributed by atoms with Crippen molar-refractivity contribution in [3.05, 3.63) is 93.8 Å². The van der Waals surface area contributed by atoms with Crippen LogP contribution in [0.1, 0.15) is 23.7 Å². The SMILES string of the molecule is O=C(O)CCC(=O)Nc1cccc(SC(C(=O)Nc2nc(-c3ccc(Cl)cc3Cl)cs2)c2ccccc2)c1. The van der Waals surface area contributed by atoms with E-state index in [2.05, 4.69) is 15.6 Å². The topological polar surface area (TPSA) is 108 Å². The van der Waals surface area contributed by atoms with E-state index >= 15 is 0 Å². The minimum absolute atomic E-state index is 0.126. The number of hydrogen-bond donors (Lipinski definition) is 3. The Bertz CT molecular complexity index is 1460. The Hall–Kier alpha value is -3.37. The Morgan fingerprint density at radius 1 is 0.947 bits per heavy atom. The molecule has 0 bridgehead atoms. The minimum Gasteiger partial charge on any atom is -0.481 e. The van der Waals surface area contributed by atoms with Crippen molar-refractivity contribution in [3.63, 3.8) is 0 Å². The van der Waals surface area contributed by atoms with Crippen molar-refractivity contribution in [1.29, 1.82) is 0 Å². The maximum absolute atomic E-state index is 13.5. The number of anilines is 2. The van der Waals surface area contributed by atoms with Crippen molar-refractivity contribution in [1.82, 2.24) is 4.98 Å². The van der Waals surface area contributed by atoms with E-state index in [9.17, 15) is 14.4 Å². The van der Waals surface area contributed by atoms with Gasteiger partial charge in [0.15, 0.2) is 5.13 Å². The van der Waals surface area contributed by atoms with Crippen molar-refractivity contribution >= 4 is 74.9 Å². The average Bonchev–Trinajstić information content (AvgIpc) is 3.34. The van der Waals surface area contributed by atoms with Gasteiger partial charge >= 0.3 is 5.97 Å². The fraction of sp³-hybridized carbons (Fsp3) is 0.111. The number of carbonyl (C=O) groups is 3. The number of thiazole rings is 1. The van der Waals surface area contributed by atoms with E-state index in [0.29, 0.717) is 32.1 Å². The molecule has 11 heteroatoms. The molecule has 3 N–H and O–H groups in total. The van der Waals surface area contributed by atoms with Crippen molar-refractivity contribution in [2.45, 2.75) is 23.0 Å². The van der Waals surface area contributed by atoms with Gasteiger partial charge in [-0.05, 0) is 42.0 Å². The average molecular weight is 587 g/mol. The van der Waals surface area contributed by atoms with Crippen LogP contribution in [0.2, 0.25) is 10.0 Å². The number of nitrogens with one attached hydrogen (secondary N) is 2. The molecule has 1 unspecified atom stereocenters. The molecular weight excluding hydrogens is 565 g/mol. The molecule has 1 heterocycles. The molecule has 1 aromatic heterocycles. The van der Waals surface area contributed by atoms with Crippen LogP contribution < -0.4 is 10.6 Å².